The van der Waals surface area contributed by atoms with Gasteiger partial charge < -0.3 is 14.7 Å². The Balaban J connectivity index is 2.98. The van der Waals surface area contributed by atoms with Crippen molar-refractivity contribution in [1.29, 1.82) is 0 Å². The van der Waals surface area contributed by atoms with Crippen LogP contribution in [0, 0.1) is 0 Å². The summed E-state index contributed by atoms with van der Waals surface area (Å²) in [6, 6.07) is 2.70. The number of hydrogen-bond acceptors (Lipinski definition) is 3. The van der Waals surface area contributed by atoms with Gasteiger partial charge in [0.2, 0.25) is 0 Å². The molecule has 0 amide bonds. The fraction of sp³-hybridized carbons (Fsp3) is 0.500. The van der Waals surface area contributed by atoms with Crippen molar-refractivity contribution in [2.45, 2.75) is 26.1 Å². The van der Waals surface area contributed by atoms with E-state index >= 15 is 0 Å². The summed E-state index contributed by atoms with van der Waals surface area (Å²) in [5.74, 6) is -1.40. The Morgan fingerprint density at radius 3 is 2.48 bits per heavy atom. The van der Waals surface area contributed by atoms with E-state index in [2.05, 4.69) is 0 Å². The summed E-state index contributed by atoms with van der Waals surface area (Å²) in [5.41, 5.74) is -1.13. The highest BCUT2D eigenvalue weighted by Crippen LogP contribution is 2.32. The minimum Gasteiger partial charge on any atom is -0.478 e. The highest BCUT2D eigenvalue weighted by Gasteiger charge is 2.32. The van der Waals surface area contributed by atoms with Gasteiger partial charge in [-0.15, -0.1) is 0 Å². The first kappa shape index (κ1) is 17.3. The predicted octanol–water partition coefficient (Wildman–Crippen LogP) is 3.26. The minimum atomic E-state index is -4.57. The molecule has 4 nitrogen and oxygen atoms in total. The lowest BCUT2D eigenvalue weighted by Gasteiger charge is -2.22. The Morgan fingerprint density at radius 1 is 1.38 bits per heavy atom. The third-order valence-corrected chi connectivity index (χ3v) is 2.84. The van der Waals surface area contributed by atoms with Gasteiger partial charge in [0, 0.05) is 13.6 Å². The number of likely N-dealkylation sites (N-methyl/N-ethyl adjacent to an activating group) is 1. The van der Waals surface area contributed by atoms with Crippen LogP contribution >= 0.6 is 0 Å². The molecule has 1 aromatic carbocycles. The molecule has 0 saturated carbocycles. The van der Waals surface area contributed by atoms with Gasteiger partial charge in [-0.05, 0) is 32.0 Å². The van der Waals surface area contributed by atoms with Crippen LogP contribution in [-0.4, -0.2) is 37.4 Å². The molecule has 0 aromatic heterocycles. The van der Waals surface area contributed by atoms with Gasteiger partial charge >= 0.3 is 12.1 Å². The number of benzene rings is 1. The lowest BCUT2D eigenvalue weighted by Crippen LogP contribution is -2.26. The van der Waals surface area contributed by atoms with E-state index in [1.54, 1.807) is 11.9 Å². The Bertz CT molecular complexity index is 501. The summed E-state index contributed by atoms with van der Waals surface area (Å²) < 4.78 is 43.2. The van der Waals surface area contributed by atoms with Crippen molar-refractivity contribution < 1.29 is 27.8 Å². The van der Waals surface area contributed by atoms with Gasteiger partial charge in [0.05, 0.1) is 29.5 Å². The first-order valence-electron chi connectivity index (χ1n) is 6.40. The van der Waals surface area contributed by atoms with E-state index in [1.165, 1.54) is 6.07 Å². The lowest BCUT2D eigenvalue weighted by molar-refractivity contribution is -0.137. The fourth-order valence-corrected chi connectivity index (χ4v) is 1.76. The van der Waals surface area contributed by atoms with Crippen LogP contribution in [0.4, 0.5) is 18.9 Å². The SMILES string of the molecule is CC(C)OCCN(C)c1ccc(C(F)(F)F)cc1C(=O)O. The van der Waals surface area contributed by atoms with Crippen LogP contribution in [0.3, 0.4) is 0 Å². The average molecular weight is 305 g/mol. The summed E-state index contributed by atoms with van der Waals surface area (Å²) in [6.45, 7) is 4.46. The van der Waals surface area contributed by atoms with Crippen molar-refractivity contribution in [2.24, 2.45) is 0 Å². The monoisotopic (exact) mass is 305 g/mol. The molecular weight excluding hydrogens is 287 g/mol. The molecule has 21 heavy (non-hydrogen) atoms. The van der Waals surface area contributed by atoms with Crippen LogP contribution in [0.1, 0.15) is 29.8 Å². The van der Waals surface area contributed by atoms with Gasteiger partial charge in [0.15, 0.2) is 0 Å². The van der Waals surface area contributed by atoms with Gasteiger partial charge in [-0.1, -0.05) is 0 Å². The molecule has 0 aliphatic heterocycles. The number of rotatable bonds is 6. The van der Waals surface area contributed by atoms with E-state index in [0.717, 1.165) is 6.07 Å². The molecular formula is C14H18F3NO3. The number of aromatic carboxylic acids is 1. The zero-order valence-corrected chi connectivity index (χ0v) is 12.1. The summed E-state index contributed by atoms with van der Waals surface area (Å²) in [6.07, 6.45) is -4.54. The zero-order valence-electron chi connectivity index (χ0n) is 12.1. The standard InChI is InChI=1S/C14H18F3NO3/c1-9(2)21-7-6-18(3)12-5-4-10(14(15,16)17)8-11(12)13(19)20/h4-5,8-9H,6-7H2,1-3H3,(H,19,20). The number of alkyl halides is 3. The summed E-state index contributed by atoms with van der Waals surface area (Å²) in [5, 5.41) is 9.09. The van der Waals surface area contributed by atoms with Crippen molar-refractivity contribution in [3.05, 3.63) is 29.3 Å². The largest absolute Gasteiger partial charge is 0.478 e. The number of carbonyl (C=O) groups is 1. The molecule has 1 rings (SSSR count). The highest BCUT2D eigenvalue weighted by atomic mass is 19.4. The predicted molar refractivity (Wildman–Crippen MR) is 72.8 cm³/mol. The van der Waals surface area contributed by atoms with Gasteiger partial charge in [-0.3, -0.25) is 0 Å². The number of halogens is 3. The van der Waals surface area contributed by atoms with Crippen LogP contribution in [-0.2, 0) is 10.9 Å². The molecule has 0 aliphatic carbocycles. The van der Waals surface area contributed by atoms with Crippen LogP contribution in [0.25, 0.3) is 0 Å². The Hall–Kier alpha value is -1.76. The van der Waals surface area contributed by atoms with E-state index in [-0.39, 0.29) is 17.4 Å². The summed E-state index contributed by atoms with van der Waals surface area (Å²) in [7, 11) is 1.61. The van der Waals surface area contributed by atoms with Crippen molar-refractivity contribution in [1.82, 2.24) is 0 Å². The normalized spacial score (nSPS) is 11.8. The molecule has 0 radical (unpaired) electrons. The quantitative estimate of drug-likeness (QED) is 0.876. The van der Waals surface area contributed by atoms with Crippen molar-refractivity contribution >= 4 is 11.7 Å². The lowest BCUT2D eigenvalue weighted by atomic mass is 10.1. The maximum absolute atomic E-state index is 12.6. The van der Waals surface area contributed by atoms with E-state index in [0.29, 0.717) is 19.2 Å². The summed E-state index contributed by atoms with van der Waals surface area (Å²) in [4.78, 5) is 12.7. The Morgan fingerprint density at radius 2 is 2.00 bits per heavy atom. The van der Waals surface area contributed by atoms with Crippen LogP contribution in [0.5, 0.6) is 0 Å². The maximum atomic E-state index is 12.6. The molecule has 7 heteroatoms. The highest BCUT2D eigenvalue weighted by molar-refractivity contribution is 5.94. The first-order chi connectivity index (χ1) is 9.62. The van der Waals surface area contributed by atoms with Crippen molar-refractivity contribution in [2.75, 3.05) is 25.1 Å². The third-order valence-electron chi connectivity index (χ3n) is 2.84. The maximum Gasteiger partial charge on any atom is 0.416 e. The number of ether oxygens (including phenoxy) is 1. The molecule has 1 N–H and O–H groups in total. The smallest absolute Gasteiger partial charge is 0.416 e. The second-order valence-electron chi connectivity index (χ2n) is 4.88. The molecule has 0 unspecified atom stereocenters. The third kappa shape index (κ3) is 4.93. The summed E-state index contributed by atoms with van der Waals surface area (Å²) >= 11 is 0. The van der Waals surface area contributed by atoms with Gasteiger partial charge in [-0.2, -0.15) is 13.2 Å². The molecule has 1 aromatic rings. The second kappa shape index (κ2) is 6.80. The van der Waals surface area contributed by atoms with Crippen LogP contribution in [0.2, 0.25) is 0 Å². The number of carboxylic acids is 1. The number of carboxylic acid groups (broad SMARTS) is 1. The molecule has 0 saturated heterocycles. The van der Waals surface area contributed by atoms with Gasteiger partial charge in [0.25, 0.3) is 0 Å². The molecule has 0 atom stereocenters. The first-order valence-corrected chi connectivity index (χ1v) is 6.40. The van der Waals surface area contributed by atoms with Gasteiger partial charge in [-0.25, -0.2) is 4.79 Å². The van der Waals surface area contributed by atoms with E-state index in [4.69, 9.17) is 9.84 Å². The van der Waals surface area contributed by atoms with E-state index < -0.39 is 17.7 Å². The van der Waals surface area contributed by atoms with Crippen molar-refractivity contribution in [3.8, 4) is 0 Å². The fourth-order valence-electron chi connectivity index (χ4n) is 1.76. The van der Waals surface area contributed by atoms with Crippen LogP contribution < -0.4 is 4.90 Å². The minimum absolute atomic E-state index is 0.0324. The second-order valence-corrected chi connectivity index (χ2v) is 4.88. The molecule has 118 valence electrons. The van der Waals surface area contributed by atoms with Gasteiger partial charge in [0.1, 0.15) is 0 Å². The Kier molecular flexibility index (Phi) is 5.60. The molecule has 0 heterocycles. The Labute approximate surface area is 121 Å². The molecule has 0 aliphatic rings. The molecule has 0 fully saturated rings. The van der Waals surface area contributed by atoms with E-state index in [9.17, 15) is 18.0 Å². The topological polar surface area (TPSA) is 49.8 Å². The number of anilines is 1. The zero-order chi connectivity index (χ0) is 16.2. The average Bonchev–Trinajstić information content (AvgIpc) is 2.36. The molecule has 0 spiro atoms. The molecule has 0 bridgehead atoms. The van der Waals surface area contributed by atoms with Crippen molar-refractivity contribution in [3.63, 3.8) is 0 Å². The number of hydrogen-bond donors (Lipinski definition) is 1. The van der Waals surface area contributed by atoms with E-state index in [1.807, 2.05) is 13.8 Å². The van der Waals surface area contributed by atoms with Crippen LogP contribution in [0.15, 0.2) is 18.2 Å². The number of nitrogens with zero attached hydrogens (tertiary/aromatic N) is 1.